The van der Waals surface area contributed by atoms with Crippen molar-refractivity contribution in [1.82, 2.24) is 15.1 Å². The third-order valence-corrected chi connectivity index (χ3v) is 6.13. The molecular formula is C19H23ClN4O2S. The molecule has 1 aliphatic heterocycles. The van der Waals surface area contributed by atoms with Crippen molar-refractivity contribution in [2.45, 2.75) is 45.6 Å². The summed E-state index contributed by atoms with van der Waals surface area (Å²) in [6.45, 7) is 4.82. The Morgan fingerprint density at radius 3 is 2.81 bits per heavy atom. The lowest BCUT2D eigenvalue weighted by Crippen LogP contribution is -2.35. The van der Waals surface area contributed by atoms with Gasteiger partial charge in [0.25, 0.3) is 5.91 Å². The van der Waals surface area contributed by atoms with Gasteiger partial charge in [-0.1, -0.05) is 42.9 Å². The molecule has 27 heavy (non-hydrogen) atoms. The lowest BCUT2D eigenvalue weighted by molar-refractivity contribution is -0.136. The molecule has 1 aliphatic rings. The molecule has 1 aromatic heterocycles. The van der Waals surface area contributed by atoms with E-state index in [0.717, 1.165) is 37.2 Å². The molecule has 8 heteroatoms. The zero-order valence-electron chi connectivity index (χ0n) is 15.4. The van der Waals surface area contributed by atoms with Crippen molar-refractivity contribution >= 4 is 40.4 Å². The van der Waals surface area contributed by atoms with Gasteiger partial charge in [0.15, 0.2) is 0 Å². The fourth-order valence-corrected chi connectivity index (χ4v) is 4.45. The van der Waals surface area contributed by atoms with E-state index in [1.807, 2.05) is 18.7 Å². The molecule has 0 bridgehead atoms. The number of anilines is 1. The molecule has 0 saturated carbocycles. The Hall–Kier alpha value is -1.99. The van der Waals surface area contributed by atoms with Crippen molar-refractivity contribution in [2.24, 2.45) is 5.92 Å². The van der Waals surface area contributed by atoms with Crippen molar-refractivity contribution < 1.29 is 9.59 Å². The number of halogens is 1. The molecule has 1 N–H and O–H groups in total. The van der Waals surface area contributed by atoms with Crippen molar-refractivity contribution in [1.29, 1.82) is 0 Å². The van der Waals surface area contributed by atoms with Crippen LogP contribution in [-0.4, -0.2) is 33.5 Å². The summed E-state index contributed by atoms with van der Waals surface area (Å²) in [6, 6.07) is 6.87. The lowest BCUT2D eigenvalue weighted by Gasteiger charge is -2.26. The number of carbonyl (C=O) groups is 2. The van der Waals surface area contributed by atoms with Gasteiger partial charge in [-0.3, -0.25) is 9.59 Å². The van der Waals surface area contributed by atoms with E-state index >= 15 is 0 Å². The van der Waals surface area contributed by atoms with Crippen molar-refractivity contribution in [3.63, 3.8) is 0 Å². The number of hydrogen-bond acceptors (Lipinski definition) is 5. The summed E-state index contributed by atoms with van der Waals surface area (Å²) >= 11 is 7.19. The van der Waals surface area contributed by atoms with Crippen LogP contribution in [0.3, 0.4) is 0 Å². The number of nitrogens with zero attached hydrogens (tertiary/aromatic N) is 3. The van der Waals surface area contributed by atoms with Crippen LogP contribution in [0, 0.1) is 5.92 Å². The van der Waals surface area contributed by atoms with Gasteiger partial charge in [0, 0.05) is 23.2 Å². The summed E-state index contributed by atoms with van der Waals surface area (Å²) in [4.78, 5) is 27.2. The summed E-state index contributed by atoms with van der Waals surface area (Å²) < 4.78 is 0. The molecule has 0 radical (unpaired) electrons. The number of nitrogens with one attached hydrogen (secondary N) is 1. The highest BCUT2D eigenvalue weighted by Gasteiger charge is 2.35. The van der Waals surface area contributed by atoms with E-state index in [1.165, 1.54) is 11.3 Å². The van der Waals surface area contributed by atoms with Crippen LogP contribution in [0.5, 0.6) is 0 Å². The van der Waals surface area contributed by atoms with Crippen LogP contribution in [0.2, 0.25) is 5.02 Å². The number of carbonyl (C=O) groups excluding carboxylic acids is 2. The van der Waals surface area contributed by atoms with Crippen LogP contribution in [0.1, 0.15) is 60.4 Å². The second-order valence-electron chi connectivity index (χ2n) is 6.61. The largest absolute Gasteiger partial charge is 0.333 e. The molecule has 1 saturated heterocycles. The second-order valence-corrected chi connectivity index (χ2v) is 8.06. The molecule has 1 fully saturated rings. The van der Waals surface area contributed by atoms with E-state index < -0.39 is 0 Å². The first-order chi connectivity index (χ1) is 13.0. The average molecular weight is 407 g/mol. The molecule has 0 unspecified atom stereocenters. The Kier molecular flexibility index (Phi) is 6.44. The first-order valence-electron chi connectivity index (χ1n) is 9.24. The zero-order chi connectivity index (χ0) is 19.4. The highest BCUT2D eigenvalue weighted by Crippen LogP contribution is 2.35. The average Bonchev–Trinajstić information content (AvgIpc) is 3.32. The minimum absolute atomic E-state index is 0.0455. The van der Waals surface area contributed by atoms with Gasteiger partial charge in [-0.15, -0.1) is 10.2 Å². The van der Waals surface area contributed by atoms with Crippen molar-refractivity contribution in [3.05, 3.63) is 39.3 Å². The third kappa shape index (κ3) is 4.47. The molecule has 0 aliphatic carbocycles. The fourth-order valence-electron chi connectivity index (χ4n) is 3.37. The summed E-state index contributed by atoms with van der Waals surface area (Å²) in [5, 5.41) is 12.6. The number of hydrogen-bond donors (Lipinski definition) is 1. The fraction of sp³-hybridized carbons (Fsp3) is 0.474. The predicted octanol–water partition coefficient (Wildman–Crippen LogP) is 4.54. The van der Waals surface area contributed by atoms with E-state index in [0.29, 0.717) is 10.7 Å². The van der Waals surface area contributed by atoms with Crippen LogP contribution in [0.25, 0.3) is 0 Å². The highest BCUT2D eigenvalue weighted by atomic mass is 35.5. The van der Waals surface area contributed by atoms with E-state index in [-0.39, 0.29) is 28.8 Å². The smallest absolute Gasteiger partial charge is 0.286 e. The Balaban J connectivity index is 1.72. The minimum atomic E-state index is -0.322. The number of aromatic nitrogens is 2. The van der Waals surface area contributed by atoms with E-state index in [4.69, 9.17) is 11.6 Å². The van der Waals surface area contributed by atoms with Gasteiger partial charge in [-0.2, -0.15) is 0 Å². The molecule has 3 rings (SSSR count). The lowest BCUT2D eigenvalue weighted by atomic mass is 10.0. The predicted molar refractivity (Wildman–Crippen MR) is 107 cm³/mol. The molecule has 6 nitrogen and oxygen atoms in total. The molecule has 0 spiro atoms. The number of rotatable bonds is 6. The van der Waals surface area contributed by atoms with Gasteiger partial charge in [0.1, 0.15) is 5.01 Å². The van der Waals surface area contributed by atoms with Gasteiger partial charge in [0.05, 0.1) is 6.04 Å². The number of likely N-dealkylation sites (tertiary alicyclic amines) is 1. The molecule has 2 aromatic rings. The SMILES string of the molecule is CCC(CC)C(=O)N1CCC[C@@H]1c1nnc(C(=O)Nc2cccc(Cl)c2)s1. The van der Waals surface area contributed by atoms with E-state index in [1.54, 1.807) is 24.3 Å². The van der Waals surface area contributed by atoms with Gasteiger partial charge >= 0.3 is 0 Å². The monoisotopic (exact) mass is 406 g/mol. The highest BCUT2D eigenvalue weighted by molar-refractivity contribution is 7.13. The topological polar surface area (TPSA) is 75.2 Å². The Labute approximate surface area is 167 Å². The second kappa shape index (κ2) is 8.80. The molecule has 1 aromatic carbocycles. The normalized spacial score (nSPS) is 16.7. The number of amides is 2. The van der Waals surface area contributed by atoms with Crippen LogP contribution in [0.4, 0.5) is 5.69 Å². The Bertz CT molecular complexity index is 822. The Morgan fingerprint density at radius 1 is 1.33 bits per heavy atom. The third-order valence-electron chi connectivity index (χ3n) is 4.87. The summed E-state index contributed by atoms with van der Waals surface area (Å²) in [6.07, 6.45) is 3.47. The Morgan fingerprint density at radius 2 is 2.11 bits per heavy atom. The summed E-state index contributed by atoms with van der Waals surface area (Å²) in [5.41, 5.74) is 0.607. The van der Waals surface area contributed by atoms with Crippen LogP contribution in [-0.2, 0) is 4.79 Å². The molecule has 1 atom stereocenters. The number of benzene rings is 1. The van der Waals surface area contributed by atoms with Crippen molar-refractivity contribution in [3.8, 4) is 0 Å². The minimum Gasteiger partial charge on any atom is -0.333 e. The van der Waals surface area contributed by atoms with E-state index in [9.17, 15) is 9.59 Å². The van der Waals surface area contributed by atoms with Gasteiger partial charge < -0.3 is 10.2 Å². The van der Waals surface area contributed by atoms with Crippen LogP contribution >= 0.6 is 22.9 Å². The summed E-state index contributed by atoms with van der Waals surface area (Å²) in [5.74, 6) is -0.0939. The summed E-state index contributed by atoms with van der Waals surface area (Å²) in [7, 11) is 0. The maximum atomic E-state index is 12.8. The quantitative estimate of drug-likeness (QED) is 0.763. The molecule has 144 valence electrons. The van der Waals surface area contributed by atoms with E-state index in [2.05, 4.69) is 15.5 Å². The standard InChI is InChI=1S/C19H23ClN4O2S/c1-3-12(4-2)19(26)24-10-6-9-15(24)17-22-23-18(27-17)16(25)21-14-8-5-7-13(20)11-14/h5,7-8,11-12,15H,3-4,6,9-10H2,1-2H3,(H,21,25)/t15-/m1/s1. The maximum Gasteiger partial charge on any atom is 0.286 e. The zero-order valence-corrected chi connectivity index (χ0v) is 17.0. The molecule has 2 amide bonds. The van der Waals surface area contributed by atoms with Crippen molar-refractivity contribution in [2.75, 3.05) is 11.9 Å². The van der Waals surface area contributed by atoms with Gasteiger partial charge in [0.2, 0.25) is 10.9 Å². The molecular weight excluding hydrogens is 384 g/mol. The van der Waals surface area contributed by atoms with Crippen LogP contribution < -0.4 is 5.32 Å². The van der Waals surface area contributed by atoms with Gasteiger partial charge in [-0.05, 0) is 43.9 Å². The first-order valence-corrected chi connectivity index (χ1v) is 10.4. The first kappa shape index (κ1) is 19.8. The van der Waals surface area contributed by atoms with Crippen LogP contribution in [0.15, 0.2) is 24.3 Å². The maximum absolute atomic E-state index is 12.8. The van der Waals surface area contributed by atoms with Gasteiger partial charge in [-0.25, -0.2) is 0 Å². The molecule has 2 heterocycles.